The molecule has 2 amide bonds. The van der Waals surface area contributed by atoms with Gasteiger partial charge in [0.15, 0.2) is 0 Å². The molecular weight excluding hydrogens is 450 g/mol. The highest BCUT2D eigenvalue weighted by Gasteiger charge is 2.19. The molecule has 2 aromatic carbocycles. The third kappa shape index (κ3) is 5.31. The van der Waals surface area contributed by atoms with Gasteiger partial charge in [-0.1, -0.05) is 47.1 Å². The van der Waals surface area contributed by atoms with E-state index in [1.54, 1.807) is 12.4 Å². The van der Waals surface area contributed by atoms with Gasteiger partial charge in [0.1, 0.15) is 10.7 Å². The van der Waals surface area contributed by atoms with Crippen LogP contribution in [-0.2, 0) is 11.2 Å². The summed E-state index contributed by atoms with van der Waals surface area (Å²) in [5.41, 5.74) is 4.26. The second-order valence-corrected chi connectivity index (χ2v) is 8.53. The number of aromatic nitrogens is 1. The number of amides is 2. The number of carbonyl (C=O) groups is 2. The van der Waals surface area contributed by atoms with Crippen LogP contribution >= 0.6 is 27.3 Å². The lowest BCUT2D eigenvalue weighted by atomic mass is 10.1. The predicted octanol–water partition coefficient (Wildman–Crippen LogP) is 5.15. The monoisotopic (exact) mass is 471 g/mol. The third-order valence-electron chi connectivity index (χ3n) is 4.52. The van der Waals surface area contributed by atoms with Crippen LogP contribution in [0.5, 0.6) is 0 Å². The largest absolute Gasteiger partial charge is 0.331 e. The molecule has 0 radical (unpaired) electrons. The fourth-order valence-corrected chi connectivity index (χ4v) is 4.10. The van der Waals surface area contributed by atoms with Gasteiger partial charge >= 0.3 is 0 Å². The third-order valence-corrected chi connectivity index (χ3v) is 5.91. The first-order valence-electron chi connectivity index (χ1n) is 9.23. The normalized spacial score (nSPS) is 10.6. The van der Waals surface area contributed by atoms with Gasteiger partial charge in [-0.3, -0.25) is 9.59 Å². The first-order valence-corrected chi connectivity index (χ1v) is 10.9. The maximum atomic E-state index is 12.7. The van der Waals surface area contributed by atoms with Crippen molar-refractivity contribution >= 4 is 44.8 Å². The number of nitrogens with one attached hydrogen (secondary N) is 1. The Balaban J connectivity index is 1.63. The van der Waals surface area contributed by atoms with Gasteiger partial charge in [-0.15, -0.1) is 11.3 Å². The van der Waals surface area contributed by atoms with E-state index >= 15 is 0 Å². The Labute approximate surface area is 182 Å². The molecule has 0 saturated carbocycles. The van der Waals surface area contributed by atoms with Crippen molar-refractivity contribution in [1.29, 1.82) is 0 Å². The summed E-state index contributed by atoms with van der Waals surface area (Å²) in [4.78, 5) is 30.9. The summed E-state index contributed by atoms with van der Waals surface area (Å²) in [6, 6.07) is 13.8. The number of halogens is 1. The summed E-state index contributed by atoms with van der Waals surface area (Å²) in [6.45, 7) is 3.98. The van der Waals surface area contributed by atoms with Crippen molar-refractivity contribution in [3.63, 3.8) is 0 Å². The van der Waals surface area contributed by atoms with Crippen molar-refractivity contribution in [1.82, 2.24) is 9.88 Å². The Morgan fingerprint density at radius 1 is 1.17 bits per heavy atom. The molecule has 0 aliphatic heterocycles. The summed E-state index contributed by atoms with van der Waals surface area (Å²) in [5, 5.41) is 5.37. The standard InChI is InChI=1S/C22H22BrN3O2S/c1-4-15-5-7-16(8-6-15)21-25-19(13-29-21)22(28)26(3)12-20(27)24-18-10-9-17(23)11-14(18)2/h5-11,13H,4,12H2,1-3H3,(H,24,27). The van der Waals surface area contributed by atoms with E-state index in [0.29, 0.717) is 5.69 Å². The first kappa shape index (κ1) is 21.2. The van der Waals surface area contributed by atoms with Crippen molar-refractivity contribution < 1.29 is 9.59 Å². The molecule has 150 valence electrons. The maximum absolute atomic E-state index is 12.7. The molecule has 0 fully saturated rings. The number of thiazole rings is 1. The molecule has 0 atom stereocenters. The fraction of sp³-hybridized carbons (Fsp3) is 0.227. The van der Waals surface area contributed by atoms with Crippen molar-refractivity contribution in [2.24, 2.45) is 0 Å². The zero-order valence-corrected chi connectivity index (χ0v) is 18.9. The average Bonchev–Trinajstić information content (AvgIpc) is 3.19. The topological polar surface area (TPSA) is 62.3 Å². The molecule has 1 aromatic heterocycles. The van der Waals surface area contributed by atoms with Crippen molar-refractivity contribution in [2.75, 3.05) is 18.9 Å². The Morgan fingerprint density at radius 2 is 1.90 bits per heavy atom. The number of aryl methyl sites for hydroxylation is 2. The van der Waals surface area contributed by atoms with Crippen LogP contribution in [0.4, 0.5) is 5.69 Å². The zero-order chi connectivity index (χ0) is 21.0. The van der Waals surface area contributed by atoms with Gasteiger partial charge in [0.25, 0.3) is 5.91 Å². The molecule has 7 heteroatoms. The van der Waals surface area contributed by atoms with Crippen LogP contribution in [0, 0.1) is 6.92 Å². The van der Waals surface area contributed by atoms with Gasteiger partial charge in [0.2, 0.25) is 5.91 Å². The lowest BCUT2D eigenvalue weighted by Crippen LogP contribution is -2.35. The van der Waals surface area contributed by atoms with Crippen LogP contribution in [0.15, 0.2) is 52.3 Å². The van der Waals surface area contributed by atoms with E-state index < -0.39 is 0 Å². The van der Waals surface area contributed by atoms with E-state index in [4.69, 9.17) is 0 Å². The molecule has 5 nitrogen and oxygen atoms in total. The minimum absolute atomic E-state index is 0.0492. The second-order valence-electron chi connectivity index (χ2n) is 6.76. The molecule has 0 bridgehead atoms. The predicted molar refractivity (Wildman–Crippen MR) is 121 cm³/mol. The van der Waals surface area contributed by atoms with E-state index in [-0.39, 0.29) is 18.4 Å². The van der Waals surface area contributed by atoms with Crippen LogP contribution in [-0.4, -0.2) is 35.3 Å². The highest BCUT2D eigenvalue weighted by Crippen LogP contribution is 2.25. The summed E-state index contributed by atoms with van der Waals surface area (Å²) in [6.07, 6.45) is 0.981. The molecular formula is C22H22BrN3O2S. The number of hydrogen-bond acceptors (Lipinski definition) is 4. The smallest absolute Gasteiger partial charge is 0.273 e. The Bertz CT molecular complexity index is 1030. The van der Waals surface area contributed by atoms with Gasteiger partial charge in [-0.25, -0.2) is 4.98 Å². The molecule has 0 aliphatic carbocycles. The Kier molecular flexibility index (Phi) is 6.82. The lowest BCUT2D eigenvalue weighted by molar-refractivity contribution is -0.116. The Morgan fingerprint density at radius 3 is 2.55 bits per heavy atom. The summed E-state index contributed by atoms with van der Waals surface area (Å²) in [5.74, 6) is -0.530. The fourth-order valence-electron chi connectivity index (χ4n) is 2.83. The van der Waals surface area contributed by atoms with Gasteiger partial charge in [-0.2, -0.15) is 0 Å². The zero-order valence-electron chi connectivity index (χ0n) is 16.5. The number of hydrogen-bond donors (Lipinski definition) is 1. The van der Waals surface area contributed by atoms with Crippen LogP contribution in [0.3, 0.4) is 0 Å². The number of anilines is 1. The number of nitrogens with zero attached hydrogens (tertiary/aromatic N) is 2. The van der Waals surface area contributed by atoms with Crippen molar-refractivity contribution in [2.45, 2.75) is 20.3 Å². The van der Waals surface area contributed by atoms with E-state index in [9.17, 15) is 9.59 Å². The van der Waals surface area contributed by atoms with Crippen LogP contribution in [0.2, 0.25) is 0 Å². The van der Waals surface area contributed by atoms with Gasteiger partial charge in [0.05, 0.1) is 6.54 Å². The number of carbonyl (C=O) groups excluding carboxylic acids is 2. The van der Waals surface area contributed by atoms with Gasteiger partial charge in [-0.05, 0) is 42.7 Å². The van der Waals surface area contributed by atoms with E-state index in [2.05, 4.69) is 45.3 Å². The molecule has 0 saturated heterocycles. The molecule has 0 unspecified atom stereocenters. The van der Waals surface area contributed by atoms with E-state index in [0.717, 1.165) is 32.7 Å². The number of benzene rings is 2. The maximum Gasteiger partial charge on any atom is 0.273 e. The molecule has 29 heavy (non-hydrogen) atoms. The van der Waals surface area contributed by atoms with Crippen LogP contribution < -0.4 is 5.32 Å². The summed E-state index contributed by atoms with van der Waals surface area (Å²) in [7, 11) is 1.60. The SMILES string of the molecule is CCc1ccc(-c2nc(C(=O)N(C)CC(=O)Nc3ccc(Br)cc3C)cs2)cc1. The van der Waals surface area contributed by atoms with E-state index in [1.807, 2.05) is 37.3 Å². The molecule has 3 rings (SSSR count). The lowest BCUT2D eigenvalue weighted by Gasteiger charge is -2.16. The Hall–Kier alpha value is -2.51. The number of rotatable bonds is 6. The molecule has 1 N–H and O–H groups in total. The minimum atomic E-state index is -0.277. The molecule has 3 aromatic rings. The van der Waals surface area contributed by atoms with Gasteiger partial charge < -0.3 is 10.2 Å². The minimum Gasteiger partial charge on any atom is -0.331 e. The second kappa shape index (κ2) is 9.33. The highest BCUT2D eigenvalue weighted by molar-refractivity contribution is 9.10. The molecule has 0 aliphatic rings. The van der Waals surface area contributed by atoms with Crippen LogP contribution in [0.25, 0.3) is 10.6 Å². The van der Waals surface area contributed by atoms with Crippen molar-refractivity contribution in [3.05, 3.63) is 69.1 Å². The van der Waals surface area contributed by atoms with Gasteiger partial charge in [0, 0.05) is 28.2 Å². The first-order chi connectivity index (χ1) is 13.9. The average molecular weight is 472 g/mol. The quantitative estimate of drug-likeness (QED) is 0.540. The van der Waals surface area contributed by atoms with Crippen LogP contribution in [0.1, 0.15) is 28.5 Å². The molecule has 0 spiro atoms. The highest BCUT2D eigenvalue weighted by atomic mass is 79.9. The molecule has 1 heterocycles. The number of likely N-dealkylation sites (N-methyl/N-ethyl adjacent to an activating group) is 1. The summed E-state index contributed by atoms with van der Waals surface area (Å²) < 4.78 is 0.948. The van der Waals surface area contributed by atoms with E-state index in [1.165, 1.54) is 21.8 Å². The van der Waals surface area contributed by atoms with Crippen molar-refractivity contribution in [3.8, 4) is 10.6 Å². The summed E-state index contributed by atoms with van der Waals surface area (Å²) >= 11 is 4.83.